The Labute approximate surface area is 116 Å². The van der Waals surface area contributed by atoms with Gasteiger partial charge in [0, 0.05) is 13.1 Å². The highest BCUT2D eigenvalue weighted by atomic mass is 32.1. The van der Waals surface area contributed by atoms with Crippen molar-refractivity contribution in [1.82, 2.24) is 4.90 Å². The summed E-state index contributed by atoms with van der Waals surface area (Å²) >= 11 is 1.58. The monoisotopic (exact) mass is 283 g/mol. The van der Waals surface area contributed by atoms with Crippen LogP contribution in [0.5, 0.6) is 0 Å². The molecule has 104 valence electrons. The molecule has 0 aliphatic carbocycles. The van der Waals surface area contributed by atoms with Gasteiger partial charge in [0.1, 0.15) is 0 Å². The summed E-state index contributed by atoms with van der Waals surface area (Å²) in [5, 5.41) is 3.94. The first-order chi connectivity index (χ1) is 9.19. The number of hydrogen-bond acceptors (Lipinski definition) is 5. The minimum atomic E-state index is -0.308. The van der Waals surface area contributed by atoms with Gasteiger partial charge in [0.15, 0.2) is 0 Å². The molecule has 1 aliphatic rings. The van der Waals surface area contributed by atoms with Gasteiger partial charge in [-0.3, -0.25) is 9.59 Å². The smallest absolute Gasteiger partial charge is 0.308 e. The van der Waals surface area contributed by atoms with Crippen molar-refractivity contribution in [2.24, 2.45) is 0 Å². The number of carbonyl (C=O) groups excluding carboxylic acids is 2. The summed E-state index contributed by atoms with van der Waals surface area (Å²) in [6.07, 6.45) is 0.348. The van der Waals surface area contributed by atoms with E-state index >= 15 is 0 Å². The molecule has 5 nitrogen and oxygen atoms in total. The molecule has 0 radical (unpaired) electrons. The van der Waals surface area contributed by atoms with Crippen LogP contribution < -0.4 is 0 Å². The lowest BCUT2D eigenvalue weighted by atomic mass is 10.1. The third-order valence-electron chi connectivity index (χ3n) is 3.05. The lowest BCUT2D eigenvalue weighted by Crippen LogP contribution is -2.46. The summed E-state index contributed by atoms with van der Waals surface area (Å²) in [7, 11) is 1.35. The van der Waals surface area contributed by atoms with Gasteiger partial charge in [-0.05, 0) is 22.4 Å². The Kier molecular flexibility index (Phi) is 4.93. The van der Waals surface area contributed by atoms with Gasteiger partial charge in [-0.1, -0.05) is 0 Å². The Balaban J connectivity index is 1.86. The van der Waals surface area contributed by atoms with Crippen LogP contribution in [0.15, 0.2) is 16.8 Å². The molecule has 1 aromatic rings. The SMILES string of the molecule is COC(=O)CC1CN(C(=O)Cc2ccsc2)CCO1. The summed E-state index contributed by atoms with van der Waals surface area (Å²) in [5.41, 5.74) is 1.03. The number of morpholine rings is 1. The number of methoxy groups -OCH3 is 1. The number of esters is 1. The van der Waals surface area contributed by atoms with Gasteiger partial charge < -0.3 is 14.4 Å². The van der Waals surface area contributed by atoms with Gasteiger partial charge in [0.25, 0.3) is 0 Å². The summed E-state index contributed by atoms with van der Waals surface area (Å²) in [6, 6.07) is 1.95. The average molecular weight is 283 g/mol. The van der Waals surface area contributed by atoms with Gasteiger partial charge in [0.2, 0.25) is 5.91 Å². The fourth-order valence-electron chi connectivity index (χ4n) is 2.02. The largest absolute Gasteiger partial charge is 0.469 e. The number of nitrogens with zero attached hydrogens (tertiary/aromatic N) is 1. The topological polar surface area (TPSA) is 55.8 Å². The zero-order valence-electron chi connectivity index (χ0n) is 10.8. The second-order valence-corrected chi connectivity index (χ2v) is 5.20. The zero-order chi connectivity index (χ0) is 13.7. The molecule has 0 spiro atoms. The number of ether oxygens (including phenoxy) is 2. The van der Waals surface area contributed by atoms with Gasteiger partial charge >= 0.3 is 5.97 Å². The molecule has 0 aromatic carbocycles. The molecule has 2 heterocycles. The standard InChI is InChI=1S/C13H17NO4S/c1-17-13(16)7-11-8-14(3-4-18-11)12(15)6-10-2-5-19-9-10/h2,5,9,11H,3-4,6-8H2,1H3. The van der Waals surface area contributed by atoms with Crippen LogP contribution in [0.25, 0.3) is 0 Å². The van der Waals surface area contributed by atoms with E-state index in [0.29, 0.717) is 26.1 Å². The quantitative estimate of drug-likeness (QED) is 0.776. The predicted octanol–water partition coefficient (Wildman–Crippen LogP) is 1.08. The first-order valence-corrected chi connectivity index (χ1v) is 7.10. The molecule has 1 fully saturated rings. The van der Waals surface area contributed by atoms with E-state index < -0.39 is 0 Å². The van der Waals surface area contributed by atoms with Gasteiger partial charge in [-0.25, -0.2) is 0 Å². The molecular weight excluding hydrogens is 266 g/mol. The number of hydrogen-bond donors (Lipinski definition) is 0. The maximum Gasteiger partial charge on any atom is 0.308 e. The summed E-state index contributed by atoms with van der Waals surface area (Å²) in [4.78, 5) is 25.1. The van der Waals surface area contributed by atoms with E-state index in [9.17, 15) is 9.59 Å². The molecule has 1 atom stereocenters. The predicted molar refractivity (Wildman–Crippen MR) is 71.0 cm³/mol. The molecule has 1 aliphatic heterocycles. The van der Waals surface area contributed by atoms with Crippen LogP contribution >= 0.6 is 11.3 Å². The molecule has 1 amide bonds. The Morgan fingerprint density at radius 2 is 2.42 bits per heavy atom. The van der Waals surface area contributed by atoms with Crippen LogP contribution in [0, 0.1) is 0 Å². The molecule has 19 heavy (non-hydrogen) atoms. The third-order valence-corrected chi connectivity index (χ3v) is 3.78. The van der Waals surface area contributed by atoms with Crippen LogP contribution in [-0.2, 0) is 25.5 Å². The first-order valence-electron chi connectivity index (χ1n) is 6.16. The Bertz CT molecular complexity index is 432. The second-order valence-electron chi connectivity index (χ2n) is 4.42. The van der Waals surface area contributed by atoms with E-state index in [4.69, 9.17) is 4.74 Å². The van der Waals surface area contributed by atoms with Crippen LogP contribution in [-0.4, -0.2) is 49.7 Å². The van der Waals surface area contributed by atoms with E-state index in [-0.39, 0.29) is 24.4 Å². The van der Waals surface area contributed by atoms with E-state index in [1.807, 2.05) is 16.8 Å². The Hall–Kier alpha value is -1.40. The van der Waals surface area contributed by atoms with Gasteiger partial charge in [-0.2, -0.15) is 11.3 Å². The van der Waals surface area contributed by atoms with Crippen molar-refractivity contribution in [3.05, 3.63) is 22.4 Å². The van der Waals surface area contributed by atoms with E-state index in [0.717, 1.165) is 5.56 Å². The highest BCUT2D eigenvalue weighted by Crippen LogP contribution is 2.13. The van der Waals surface area contributed by atoms with Gasteiger partial charge in [0.05, 0.1) is 32.7 Å². The van der Waals surface area contributed by atoms with E-state index in [2.05, 4.69) is 4.74 Å². The molecule has 6 heteroatoms. The summed E-state index contributed by atoms with van der Waals surface area (Å²) in [6.45, 7) is 1.51. The molecule has 1 unspecified atom stereocenters. The van der Waals surface area contributed by atoms with Crippen LogP contribution in [0.3, 0.4) is 0 Å². The normalized spacial score (nSPS) is 19.2. The highest BCUT2D eigenvalue weighted by Gasteiger charge is 2.26. The maximum atomic E-state index is 12.1. The number of thiophene rings is 1. The molecule has 0 bridgehead atoms. The fourth-order valence-corrected chi connectivity index (χ4v) is 2.69. The lowest BCUT2D eigenvalue weighted by Gasteiger charge is -2.32. The van der Waals surface area contributed by atoms with Crippen molar-refractivity contribution in [3.63, 3.8) is 0 Å². The molecule has 0 N–H and O–H groups in total. The average Bonchev–Trinajstić information content (AvgIpc) is 2.91. The number of rotatable bonds is 4. The Morgan fingerprint density at radius 1 is 1.58 bits per heavy atom. The van der Waals surface area contributed by atoms with Crippen LogP contribution in [0.4, 0.5) is 0 Å². The summed E-state index contributed by atoms with van der Waals surface area (Å²) in [5.74, 6) is -0.228. The number of amides is 1. The minimum Gasteiger partial charge on any atom is -0.469 e. The van der Waals surface area contributed by atoms with Crippen molar-refractivity contribution in [3.8, 4) is 0 Å². The zero-order valence-corrected chi connectivity index (χ0v) is 11.6. The second kappa shape index (κ2) is 6.68. The molecule has 1 aromatic heterocycles. The van der Waals surface area contributed by atoms with E-state index in [1.54, 1.807) is 16.2 Å². The van der Waals surface area contributed by atoms with Crippen molar-refractivity contribution >= 4 is 23.2 Å². The highest BCUT2D eigenvalue weighted by molar-refractivity contribution is 7.07. The third kappa shape index (κ3) is 4.04. The number of carbonyl (C=O) groups is 2. The summed E-state index contributed by atoms with van der Waals surface area (Å²) < 4.78 is 10.1. The van der Waals surface area contributed by atoms with E-state index in [1.165, 1.54) is 7.11 Å². The molecule has 1 saturated heterocycles. The molecular formula is C13H17NO4S. The molecule has 0 saturated carbocycles. The fraction of sp³-hybridized carbons (Fsp3) is 0.538. The molecule has 2 rings (SSSR count). The van der Waals surface area contributed by atoms with Crippen molar-refractivity contribution in [1.29, 1.82) is 0 Å². The first kappa shape index (κ1) is 14.0. The maximum absolute atomic E-state index is 12.1. The van der Waals surface area contributed by atoms with Crippen molar-refractivity contribution in [2.75, 3.05) is 26.8 Å². The minimum absolute atomic E-state index is 0.0802. The van der Waals surface area contributed by atoms with Crippen molar-refractivity contribution in [2.45, 2.75) is 18.9 Å². The van der Waals surface area contributed by atoms with Gasteiger partial charge in [-0.15, -0.1) is 0 Å². The Morgan fingerprint density at radius 3 is 3.11 bits per heavy atom. The van der Waals surface area contributed by atoms with Crippen LogP contribution in [0.2, 0.25) is 0 Å². The van der Waals surface area contributed by atoms with Crippen LogP contribution in [0.1, 0.15) is 12.0 Å². The van der Waals surface area contributed by atoms with Crippen molar-refractivity contribution < 1.29 is 19.1 Å². The lowest BCUT2D eigenvalue weighted by molar-refractivity contribution is -0.149.